The Kier molecular flexibility index (Phi) is 5.95. The molecule has 0 heterocycles. The van der Waals surface area contributed by atoms with Crippen LogP contribution in [0.1, 0.15) is 18.4 Å². The molecular formula is C13H18F3NO2. The maximum absolute atomic E-state index is 12.0. The lowest BCUT2D eigenvalue weighted by Gasteiger charge is -2.12. The molecule has 0 aromatic heterocycles. The molecule has 0 aliphatic carbocycles. The summed E-state index contributed by atoms with van der Waals surface area (Å²) >= 11 is 0. The van der Waals surface area contributed by atoms with Crippen LogP contribution >= 0.6 is 0 Å². The van der Waals surface area contributed by atoms with Crippen molar-refractivity contribution in [2.75, 3.05) is 20.3 Å². The number of nitrogens with two attached hydrogens (primary N) is 1. The Hall–Kier alpha value is -1.43. The Morgan fingerprint density at radius 3 is 2.53 bits per heavy atom. The predicted molar refractivity (Wildman–Crippen MR) is 66.5 cm³/mol. The lowest BCUT2D eigenvalue weighted by atomic mass is 10.1. The summed E-state index contributed by atoms with van der Waals surface area (Å²) in [6, 6.07) is 5.33. The smallest absolute Gasteiger partial charge is 0.389 e. The largest absolute Gasteiger partial charge is 0.493 e. The first-order chi connectivity index (χ1) is 8.96. The van der Waals surface area contributed by atoms with Crippen LogP contribution in [0, 0.1) is 0 Å². The number of rotatable bonds is 7. The summed E-state index contributed by atoms with van der Waals surface area (Å²) in [5.74, 6) is 0.961. The van der Waals surface area contributed by atoms with Gasteiger partial charge in [-0.3, -0.25) is 0 Å². The minimum absolute atomic E-state index is 0.00193. The second-order valence-corrected chi connectivity index (χ2v) is 4.09. The number of ether oxygens (including phenoxy) is 2. The van der Waals surface area contributed by atoms with Gasteiger partial charge >= 0.3 is 6.18 Å². The molecule has 3 nitrogen and oxygen atoms in total. The second kappa shape index (κ2) is 7.23. The SMILES string of the molecule is COc1ccc(CCN)cc1OCCCC(F)(F)F. The van der Waals surface area contributed by atoms with Crippen molar-refractivity contribution in [1.82, 2.24) is 0 Å². The van der Waals surface area contributed by atoms with Crippen LogP contribution in [0.3, 0.4) is 0 Å². The van der Waals surface area contributed by atoms with Crippen molar-refractivity contribution in [2.24, 2.45) is 5.73 Å². The van der Waals surface area contributed by atoms with Crippen molar-refractivity contribution in [3.05, 3.63) is 23.8 Å². The predicted octanol–water partition coefficient (Wildman–Crippen LogP) is 2.92. The Labute approximate surface area is 110 Å². The van der Waals surface area contributed by atoms with E-state index in [2.05, 4.69) is 0 Å². The summed E-state index contributed by atoms with van der Waals surface area (Å²) in [5.41, 5.74) is 6.42. The van der Waals surface area contributed by atoms with Gasteiger partial charge in [-0.05, 0) is 37.1 Å². The summed E-state index contributed by atoms with van der Waals surface area (Å²) in [5, 5.41) is 0. The lowest BCUT2D eigenvalue weighted by molar-refractivity contribution is -0.136. The van der Waals surface area contributed by atoms with Crippen molar-refractivity contribution in [1.29, 1.82) is 0 Å². The lowest BCUT2D eigenvalue weighted by Crippen LogP contribution is -2.10. The average Bonchev–Trinajstić information content (AvgIpc) is 2.34. The van der Waals surface area contributed by atoms with Gasteiger partial charge in [0.15, 0.2) is 11.5 Å². The molecule has 6 heteroatoms. The van der Waals surface area contributed by atoms with Gasteiger partial charge in [-0.25, -0.2) is 0 Å². The standard InChI is InChI=1S/C13H18F3NO2/c1-18-11-4-3-10(5-7-17)9-12(11)19-8-2-6-13(14,15)16/h3-4,9H,2,5-8,17H2,1H3. The molecule has 0 atom stereocenters. The highest BCUT2D eigenvalue weighted by atomic mass is 19.4. The van der Waals surface area contributed by atoms with Gasteiger partial charge < -0.3 is 15.2 Å². The maximum atomic E-state index is 12.0. The van der Waals surface area contributed by atoms with E-state index >= 15 is 0 Å². The van der Waals surface area contributed by atoms with E-state index in [0.717, 1.165) is 5.56 Å². The summed E-state index contributed by atoms with van der Waals surface area (Å²) < 4.78 is 46.4. The minimum Gasteiger partial charge on any atom is -0.493 e. The third-order valence-corrected chi connectivity index (χ3v) is 2.52. The van der Waals surface area contributed by atoms with Gasteiger partial charge in [0.2, 0.25) is 0 Å². The van der Waals surface area contributed by atoms with E-state index in [1.165, 1.54) is 7.11 Å². The van der Waals surface area contributed by atoms with Crippen LogP contribution in [-0.4, -0.2) is 26.4 Å². The fourth-order valence-corrected chi connectivity index (χ4v) is 1.61. The number of hydrogen-bond donors (Lipinski definition) is 1. The highest BCUT2D eigenvalue weighted by Crippen LogP contribution is 2.29. The van der Waals surface area contributed by atoms with Gasteiger partial charge in [0.05, 0.1) is 13.7 Å². The van der Waals surface area contributed by atoms with E-state index in [-0.39, 0.29) is 13.0 Å². The van der Waals surface area contributed by atoms with Crippen molar-refractivity contribution < 1.29 is 22.6 Å². The number of alkyl halides is 3. The first-order valence-corrected chi connectivity index (χ1v) is 6.03. The number of hydrogen-bond acceptors (Lipinski definition) is 3. The second-order valence-electron chi connectivity index (χ2n) is 4.09. The maximum Gasteiger partial charge on any atom is 0.389 e. The van der Waals surface area contributed by atoms with Gasteiger partial charge in [0.25, 0.3) is 0 Å². The summed E-state index contributed by atoms with van der Waals surface area (Å²) in [6.07, 6.45) is -4.39. The Balaban J connectivity index is 2.57. The monoisotopic (exact) mass is 277 g/mol. The zero-order valence-corrected chi connectivity index (χ0v) is 10.8. The van der Waals surface area contributed by atoms with Crippen LogP contribution in [0.4, 0.5) is 13.2 Å². The molecule has 0 aliphatic rings. The Morgan fingerprint density at radius 2 is 1.95 bits per heavy atom. The van der Waals surface area contributed by atoms with Gasteiger partial charge in [-0.1, -0.05) is 6.07 Å². The van der Waals surface area contributed by atoms with Gasteiger partial charge in [0.1, 0.15) is 0 Å². The molecule has 0 saturated carbocycles. The van der Waals surface area contributed by atoms with E-state index < -0.39 is 12.6 Å². The third-order valence-electron chi connectivity index (χ3n) is 2.52. The van der Waals surface area contributed by atoms with E-state index in [1.807, 2.05) is 6.07 Å². The zero-order valence-electron chi connectivity index (χ0n) is 10.8. The topological polar surface area (TPSA) is 44.5 Å². The first kappa shape index (κ1) is 15.6. The summed E-state index contributed by atoms with van der Waals surface area (Å²) in [4.78, 5) is 0. The molecule has 0 unspecified atom stereocenters. The zero-order chi connectivity index (χ0) is 14.3. The molecule has 1 aromatic carbocycles. The molecule has 0 spiro atoms. The van der Waals surface area contributed by atoms with Crippen LogP contribution in [0.15, 0.2) is 18.2 Å². The Morgan fingerprint density at radius 1 is 1.21 bits per heavy atom. The number of benzene rings is 1. The normalized spacial score (nSPS) is 11.4. The van der Waals surface area contributed by atoms with Gasteiger partial charge in [0, 0.05) is 6.42 Å². The summed E-state index contributed by atoms with van der Waals surface area (Å²) in [6.45, 7) is 0.502. The van der Waals surface area contributed by atoms with E-state index in [9.17, 15) is 13.2 Å². The first-order valence-electron chi connectivity index (χ1n) is 6.03. The number of methoxy groups -OCH3 is 1. The highest BCUT2D eigenvalue weighted by molar-refractivity contribution is 5.43. The van der Waals surface area contributed by atoms with Crippen molar-refractivity contribution >= 4 is 0 Å². The van der Waals surface area contributed by atoms with Crippen LogP contribution in [0.25, 0.3) is 0 Å². The average molecular weight is 277 g/mol. The molecule has 19 heavy (non-hydrogen) atoms. The van der Waals surface area contributed by atoms with Crippen LogP contribution in [-0.2, 0) is 6.42 Å². The molecule has 0 fully saturated rings. The van der Waals surface area contributed by atoms with Crippen LogP contribution in [0.2, 0.25) is 0 Å². The molecular weight excluding hydrogens is 259 g/mol. The fraction of sp³-hybridized carbons (Fsp3) is 0.538. The number of halogens is 3. The van der Waals surface area contributed by atoms with Crippen molar-refractivity contribution in [2.45, 2.75) is 25.4 Å². The molecule has 0 bridgehead atoms. The van der Waals surface area contributed by atoms with E-state index in [4.69, 9.17) is 15.2 Å². The molecule has 1 rings (SSSR count). The molecule has 0 amide bonds. The quantitative estimate of drug-likeness (QED) is 0.779. The molecule has 0 aliphatic heterocycles. The van der Waals surface area contributed by atoms with Crippen LogP contribution in [0.5, 0.6) is 11.5 Å². The van der Waals surface area contributed by atoms with Gasteiger partial charge in [-0.15, -0.1) is 0 Å². The molecule has 1 aromatic rings. The minimum atomic E-state index is -4.14. The Bertz CT molecular complexity index is 394. The van der Waals surface area contributed by atoms with E-state index in [1.54, 1.807) is 12.1 Å². The molecule has 108 valence electrons. The van der Waals surface area contributed by atoms with Gasteiger partial charge in [-0.2, -0.15) is 13.2 Å². The van der Waals surface area contributed by atoms with Crippen molar-refractivity contribution in [3.8, 4) is 11.5 Å². The summed E-state index contributed by atoms with van der Waals surface area (Å²) in [7, 11) is 1.49. The van der Waals surface area contributed by atoms with E-state index in [0.29, 0.717) is 24.5 Å². The third kappa shape index (κ3) is 5.83. The van der Waals surface area contributed by atoms with Crippen LogP contribution < -0.4 is 15.2 Å². The van der Waals surface area contributed by atoms with Crippen molar-refractivity contribution in [3.63, 3.8) is 0 Å². The molecule has 2 N–H and O–H groups in total. The molecule has 0 radical (unpaired) electrons. The highest BCUT2D eigenvalue weighted by Gasteiger charge is 2.26. The molecule has 0 saturated heterocycles. The fourth-order valence-electron chi connectivity index (χ4n) is 1.61.